The molecule has 0 saturated heterocycles. The fourth-order valence-electron chi connectivity index (χ4n) is 4.00. The van der Waals surface area contributed by atoms with E-state index in [0.29, 0.717) is 0 Å². The van der Waals surface area contributed by atoms with E-state index in [4.69, 9.17) is 26.3 Å². The number of aliphatic hydroxyl groups excluding tert-OH is 1. The monoisotopic (exact) mass is 788 g/mol. The second-order valence-electron chi connectivity index (χ2n) is 11.5. The van der Waals surface area contributed by atoms with Gasteiger partial charge in [0.15, 0.2) is 11.6 Å². The number of carbonyl (C=O) groups excluding carboxylic acids is 8. The van der Waals surface area contributed by atoms with Crippen LogP contribution in [0.1, 0.15) is 38.5 Å². The van der Waals surface area contributed by atoms with Crippen molar-refractivity contribution in [3.05, 3.63) is 12.3 Å². The highest BCUT2D eigenvalue weighted by atomic mass is 16.4. The zero-order chi connectivity index (χ0) is 41.9. The molecule has 0 fully saturated rings. The second-order valence-corrected chi connectivity index (χ2v) is 11.5. The van der Waals surface area contributed by atoms with Gasteiger partial charge in [-0.25, -0.2) is 5.43 Å². The minimum atomic E-state index is -1.28. The topological polar surface area (TPSA) is 403 Å². The summed E-state index contributed by atoms with van der Waals surface area (Å²) < 4.78 is 0. The number of carbonyl (C=O) groups is 11. The predicted octanol–water partition coefficient (Wildman–Crippen LogP) is -6.76. The number of carboxylic acids is 3. The number of aliphatic hydroxyl groups is 1. The molecule has 55 heavy (non-hydrogen) atoms. The number of hydrogen-bond donors (Lipinski definition) is 14. The van der Waals surface area contributed by atoms with Gasteiger partial charge in [0.25, 0.3) is 0 Å². The maximum Gasteiger partial charge on any atom is 0.303 e. The molecule has 0 spiro atoms. The number of hydrogen-bond acceptors (Lipinski definition) is 16. The zero-order valence-electron chi connectivity index (χ0n) is 29.7. The molecule has 25 nitrogen and oxygen atoms in total. The first kappa shape index (κ1) is 49.0. The van der Waals surface area contributed by atoms with Crippen molar-refractivity contribution in [1.82, 2.24) is 48.0 Å². The summed E-state index contributed by atoms with van der Waals surface area (Å²) in [5, 5.41) is 54.2. The van der Waals surface area contributed by atoms with E-state index < -0.39 is 142 Å². The molecule has 0 radical (unpaired) electrons. The van der Waals surface area contributed by atoms with E-state index in [-0.39, 0.29) is 38.0 Å². The number of hydrazine groups is 1. The molecule has 0 rings (SSSR count). The van der Waals surface area contributed by atoms with Gasteiger partial charge in [-0.2, -0.15) is 0 Å². The van der Waals surface area contributed by atoms with E-state index in [1.165, 1.54) is 0 Å². The summed E-state index contributed by atoms with van der Waals surface area (Å²) in [6.45, 7) is -1.01. The van der Waals surface area contributed by atoms with Crippen LogP contribution in [0.25, 0.3) is 0 Å². The number of nitrogens with two attached hydrogens (primary N) is 1. The average Bonchev–Trinajstić information content (AvgIpc) is 3.12. The van der Waals surface area contributed by atoms with E-state index in [0.717, 1.165) is 0 Å². The first-order valence-corrected chi connectivity index (χ1v) is 16.5. The number of Topliss-reactive ketones (excluding diaryl/α,β-unsaturated/α-hetero) is 2. The number of rotatable bonds is 31. The standard InChI is InChI=1S/C30H48N10O15/c1-16(41)8-34-22(44)13-37-28(53)19(2-5-25(47)48)32-9-17(42)11-35-23(45)14-38-29(54)20(3-6-26(49)50)33-10-18(43)12-36-24(46)15-39-30(55)21(40-31)4-7-27(51)52/h19-21,32-33,40-41H,1-15,31H2,(H,34,44)(H,35,45)(H,36,46)(H,37,53)(H,38,54)(H,39,55)(H,47,48)(H,49,50)(H,51,52)/t19-,20-,21-/m0/s1. The number of ketones is 2. The maximum absolute atomic E-state index is 12.7. The molecule has 0 aliphatic rings. The summed E-state index contributed by atoms with van der Waals surface area (Å²) in [5.41, 5.74) is 2.12. The van der Waals surface area contributed by atoms with Crippen molar-refractivity contribution in [2.24, 2.45) is 5.84 Å². The molecule has 308 valence electrons. The predicted molar refractivity (Wildman–Crippen MR) is 185 cm³/mol. The minimum Gasteiger partial charge on any atom is -0.511 e. The summed E-state index contributed by atoms with van der Waals surface area (Å²) in [6, 6.07) is -3.59. The molecular formula is C30H48N10O15. The van der Waals surface area contributed by atoms with E-state index in [9.17, 15) is 52.7 Å². The molecule has 0 saturated carbocycles. The van der Waals surface area contributed by atoms with Crippen LogP contribution in [0.5, 0.6) is 0 Å². The Kier molecular flexibility index (Phi) is 24.5. The normalized spacial score (nSPS) is 12.1. The molecule has 0 bridgehead atoms. The summed E-state index contributed by atoms with van der Waals surface area (Å²) in [5.74, 6) is -4.84. The molecule has 6 amide bonds. The van der Waals surface area contributed by atoms with Gasteiger partial charge in [0.1, 0.15) is 11.8 Å². The Balaban J connectivity index is 4.84. The van der Waals surface area contributed by atoms with Crippen LogP contribution in [0.15, 0.2) is 12.3 Å². The molecular weight excluding hydrogens is 740 g/mol. The highest BCUT2D eigenvalue weighted by Crippen LogP contribution is 2.00. The third-order valence-electron chi connectivity index (χ3n) is 6.91. The summed E-state index contributed by atoms with van der Waals surface area (Å²) in [7, 11) is 0. The lowest BCUT2D eigenvalue weighted by atomic mass is 10.1. The van der Waals surface area contributed by atoms with Gasteiger partial charge in [0.05, 0.1) is 64.4 Å². The quantitative estimate of drug-likeness (QED) is 0.0176. The van der Waals surface area contributed by atoms with E-state index in [1.54, 1.807) is 0 Å². The molecule has 0 aromatic carbocycles. The van der Waals surface area contributed by atoms with Gasteiger partial charge in [-0.05, 0) is 19.3 Å². The van der Waals surface area contributed by atoms with Gasteiger partial charge in [-0.1, -0.05) is 6.58 Å². The van der Waals surface area contributed by atoms with Gasteiger partial charge in [-0.15, -0.1) is 0 Å². The van der Waals surface area contributed by atoms with E-state index in [2.05, 4.69) is 54.5 Å². The van der Waals surface area contributed by atoms with Gasteiger partial charge < -0.3 is 52.3 Å². The van der Waals surface area contributed by atoms with E-state index >= 15 is 0 Å². The van der Waals surface area contributed by atoms with Gasteiger partial charge in [-0.3, -0.25) is 69.2 Å². The fraction of sp³-hybridized carbons (Fsp3) is 0.567. The number of carboxylic acid groups (broad SMARTS) is 3. The highest BCUT2D eigenvalue weighted by molar-refractivity contribution is 5.93. The van der Waals surface area contributed by atoms with Crippen molar-refractivity contribution in [2.75, 3.05) is 52.4 Å². The van der Waals surface area contributed by atoms with Crippen LogP contribution in [-0.4, -0.2) is 156 Å². The fourth-order valence-corrected chi connectivity index (χ4v) is 4.00. The van der Waals surface area contributed by atoms with Crippen molar-refractivity contribution in [3.63, 3.8) is 0 Å². The maximum atomic E-state index is 12.7. The molecule has 0 heterocycles. The lowest BCUT2D eigenvalue weighted by Gasteiger charge is -2.18. The van der Waals surface area contributed by atoms with Crippen LogP contribution in [0.2, 0.25) is 0 Å². The van der Waals surface area contributed by atoms with Crippen molar-refractivity contribution < 1.29 is 73.2 Å². The van der Waals surface area contributed by atoms with E-state index in [1.807, 2.05) is 0 Å². The minimum absolute atomic E-state index is 0.151. The Bertz CT molecular complexity index is 1420. The molecule has 0 aliphatic carbocycles. The zero-order valence-corrected chi connectivity index (χ0v) is 29.7. The Labute approximate surface area is 313 Å². The van der Waals surface area contributed by atoms with Crippen molar-refractivity contribution in [1.29, 1.82) is 0 Å². The molecule has 0 aromatic rings. The van der Waals surface area contributed by atoms with Crippen LogP contribution in [-0.2, 0) is 52.7 Å². The second kappa shape index (κ2) is 27.5. The van der Waals surface area contributed by atoms with Crippen LogP contribution in [0, 0.1) is 0 Å². The van der Waals surface area contributed by atoms with Gasteiger partial charge >= 0.3 is 17.9 Å². The lowest BCUT2D eigenvalue weighted by molar-refractivity contribution is -0.138. The third-order valence-corrected chi connectivity index (χ3v) is 6.91. The highest BCUT2D eigenvalue weighted by Gasteiger charge is 2.23. The number of amides is 6. The van der Waals surface area contributed by atoms with Crippen molar-refractivity contribution in [2.45, 2.75) is 56.7 Å². The summed E-state index contributed by atoms with van der Waals surface area (Å²) in [4.78, 5) is 131. The van der Waals surface area contributed by atoms with Crippen molar-refractivity contribution in [3.8, 4) is 0 Å². The Hall–Kier alpha value is -6.05. The van der Waals surface area contributed by atoms with Gasteiger partial charge in [0, 0.05) is 19.3 Å². The lowest BCUT2D eigenvalue weighted by Crippen LogP contribution is -2.51. The van der Waals surface area contributed by atoms with Crippen LogP contribution < -0.4 is 53.8 Å². The molecule has 0 aliphatic heterocycles. The average molecular weight is 789 g/mol. The van der Waals surface area contributed by atoms with Crippen LogP contribution >= 0.6 is 0 Å². The smallest absolute Gasteiger partial charge is 0.303 e. The molecule has 0 unspecified atom stereocenters. The molecule has 3 atom stereocenters. The molecule has 0 aromatic heterocycles. The summed E-state index contributed by atoms with van der Waals surface area (Å²) >= 11 is 0. The summed E-state index contributed by atoms with van der Waals surface area (Å²) in [6.07, 6.45) is -2.05. The largest absolute Gasteiger partial charge is 0.511 e. The first-order chi connectivity index (χ1) is 25.8. The molecule has 15 N–H and O–H groups in total. The van der Waals surface area contributed by atoms with Crippen molar-refractivity contribution >= 4 is 64.9 Å². The Morgan fingerprint density at radius 2 is 0.745 bits per heavy atom. The number of nitrogens with one attached hydrogen (secondary N) is 9. The third kappa shape index (κ3) is 25.5. The first-order valence-electron chi connectivity index (χ1n) is 16.5. The van der Waals surface area contributed by atoms with Gasteiger partial charge in [0.2, 0.25) is 35.4 Å². The Morgan fingerprint density at radius 1 is 0.436 bits per heavy atom. The molecule has 25 heteroatoms. The van der Waals surface area contributed by atoms with Crippen LogP contribution in [0.3, 0.4) is 0 Å². The SMILES string of the molecule is C=C(O)CNC(=O)CNC(=O)[C@H](CCC(=O)O)NCC(=O)CNC(=O)CNC(=O)[C@H](CCC(=O)O)NCC(=O)CNC(=O)CNC(=O)[C@H](CCC(=O)O)NN. The Morgan fingerprint density at radius 3 is 1.05 bits per heavy atom. The van der Waals surface area contributed by atoms with Crippen LogP contribution in [0.4, 0.5) is 0 Å². The number of aliphatic carboxylic acids is 3.